The maximum atomic E-state index is 8.88. The minimum atomic E-state index is 0.321. The summed E-state index contributed by atoms with van der Waals surface area (Å²) in [4.78, 5) is 0. The van der Waals surface area contributed by atoms with E-state index in [1.54, 1.807) is 0 Å². The van der Waals surface area contributed by atoms with Crippen LogP contribution in [0.4, 0.5) is 0 Å². The molecular formula is C10H16O2. The first-order chi connectivity index (χ1) is 5.86. The van der Waals surface area contributed by atoms with Gasteiger partial charge in [0.2, 0.25) is 0 Å². The number of hydrogen-bond donors (Lipinski definition) is 1. The summed E-state index contributed by atoms with van der Waals surface area (Å²) in [7, 11) is 0. The standard InChI is InChI=1S/C10H16O2/c1-2-7-12-10-5-3-9(8-11)4-6-10/h1,9-11H,3-8H2. The summed E-state index contributed by atoms with van der Waals surface area (Å²) >= 11 is 0. The van der Waals surface area contributed by atoms with Crippen LogP contribution in [0.5, 0.6) is 0 Å². The van der Waals surface area contributed by atoms with E-state index in [1.165, 1.54) is 0 Å². The molecule has 1 N–H and O–H groups in total. The number of hydrogen-bond acceptors (Lipinski definition) is 2. The smallest absolute Gasteiger partial charge is 0.107 e. The van der Waals surface area contributed by atoms with E-state index in [0.717, 1.165) is 25.7 Å². The van der Waals surface area contributed by atoms with Crippen LogP contribution in [-0.2, 0) is 4.74 Å². The van der Waals surface area contributed by atoms with Gasteiger partial charge in [0.1, 0.15) is 6.61 Å². The minimum Gasteiger partial charge on any atom is -0.396 e. The van der Waals surface area contributed by atoms with E-state index in [9.17, 15) is 0 Å². The van der Waals surface area contributed by atoms with Crippen LogP contribution < -0.4 is 0 Å². The van der Waals surface area contributed by atoms with Crippen molar-refractivity contribution in [2.45, 2.75) is 31.8 Å². The molecule has 1 aliphatic rings. The lowest BCUT2D eigenvalue weighted by atomic mass is 9.88. The van der Waals surface area contributed by atoms with Crippen molar-refractivity contribution < 1.29 is 9.84 Å². The Labute approximate surface area is 73.9 Å². The molecule has 0 saturated heterocycles. The lowest BCUT2D eigenvalue weighted by molar-refractivity contribution is 0.0289. The second-order valence-electron chi connectivity index (χ2n) is 3.34. The Morgan fingerprint density at radius 3 is 2.50 bits per heavy atom. The summed E-state index contributed by atoms with van der Waals surface area (Å²) in [5, 5.41) is 8.88. The lowest BCUT2D eigenvalue weighted by Gasteiger charge is -2.26. The highest BCUT2D eigenvalue weighted by Crippen LogP contribution is 2.25. The summed E-state index contributed by atoms with van der Waals surface area (Å²) in [6, 6.07) is 0. The number of rotatable bonds is 3. The minimum absolute atomic E-state index is 0.321. The van der Waals surface area contributed by atoms with Crippen LogP contribution in [0.3, 0.4) is 0 Å². The summed E-state index contributed by atoms with van der Waals surface area (Å²) in [5.41, 5.74) is 0. The Morgan fingerprint density at radius 1 is 1.33 bits per heavy atom. The van der Waals surface area contributed by atoms with Gasteiger partial charge < -0.3 is 9.84 Å². The van der Waals surface area contributed by atoms with Crippen LogP contribution in [0.1, 0.15) is 25.7 Å². The maximum Gasteiger partial charge on any atom is 0.107 e. The third-order valence-electron chi connectivity index (χ3n) is 2.45. The molecule has 0 bridgehead atoms. The number of aliphatic hydroxyl groups excluding tert-OH is 1. The molecule has 0 heterocycles. The molecule has 0 atom stereocenters. The highest BCUT2D eigenvalue weighted by atomic mass is 16.5. The molecule has 0 radical (unpaired) electrons. The number of terminal acetylenes is 1. The van der Waals surface area contributed by atoms with Gasteiger partial charge in [0, 0.05) is 6.61 Å². The first kappa shape index (κ1) is 9.57. The van der Waals surface area contributed by atoms with Crippen molar-refractivity contribution in [2.75, 3.05) is 13.2 Å². The third kappa shape index (κ3) is 2.84. The predicted octanol–water partition coefficient (Wildman–Crippen LogP) is 1.19. The molecule has 0 aromatic carbocycles. The van der Waals surface area contributed by atoms with Crippen molar-refractivity contribution in [3.63, 3.8) is 0 Å². The first-order valence-corrected chi connectivity index (χ1v) is 4.52. The molecule has 0 amide bonds. The van der Waals surface area contributed by atoms with E-state index in [-0.39, 0.29) is 0 Å². The Morgan fingerprint density at radius 2 is 2.00 bits per heavy atom. The third-order valence-corrected chi connectivity index (χ3v) is 2.45. The summed E-state index contributed by atoms with van der Waals surface area (Å²) in [5.74, 6) is 2.96. The van der Waals surface area contributed by atoms with E-state index in [2.05, 4.69) is 5.92 Å². The van der Waals surface area contributed by atoms with E-state index in [1.807, 2.05) is 0 Å². The summed E-state index contributed by atoms with van der Waals surface area (Å²) in [6.45, 7) is 0.746. The van der Waals surface area contributed by atoms with Gasteiger partial charge in [0.15, 0.2) is 0 Å². The molecule has 0 aliphatic heterocycles. The normalized spacial score (nSPS) is 29.7. The maximum absolute atomic E-state index is 8.88. The van der Waals surface area contributed by atoms with Crippen molar-refractivity contribution in [3.8, 4) is 12.3 Å². The lowest BCUT2D eigenvalue weighted by Crippen LogP contribution is -2.23. The molecule has 1 saturated carbocycles. The van der Waals surface area contributed by atoms with Gasteiger partial charge in [-0.1, -0.05) is 5.92 Å². The summed E-state index contributed by atoms with van der Waals surface area (Å²) < 4.78 is 5.41. The molecule has 0 unspecified atom stereocenters. The fourth-order valence-electron chi connectivity index (χ4n) is 1.65. The molecular weight excluding hydrogens is 152 g/mol. The topological polar surface area (TPSA) is 29.5 Å². The highest BCUT2D eigenvalue weighted by molar-refractivity contribution is 4.84. The zero-order valence-electron chi connectivity index (χ0n) is 7.33. The van der Waals surface area contributed by atoms with Crippen LogP contribution in [0.15, 0.2) is 0 Å². The SMILES string of the molecule is C#CCOC1CCC(CO)CC1. The average Bonchev–Trinajstić information content (AvgIpc) is 2.15. The van der Waals surface area contributed by atoms with Gasteiger partial charge in [-0.3, -0.25) is 0 Å². The van der Waals surface area contributed by atoms with E-state index >= 15 is 0 Å². The Kier molecular flexibility index (Phi) is 4.13. The molecule has 2 heteroatoms. The number of aliphatic hydroxyl groups is 1. The van der Waals surface area contributed by atoms with Gasteiger partial charge in [-0.25, -0.2) is 0 Å². The fraction of sp³-hybridized carbons (Fsp3) is 0.800. The summed E-state index contributed by atoms with van der Waals surface area (Å²) in [6.07, 6.45) is 9.67. The average molecular weight is 168 g/mol. The van der Waals surface area contributed by atoms with Crippen LogP contribution in [-0.4, -0.2) is 24.4 Å². The largest absolute Gasteiger partial charge is 0.396 e. The van der Waals surface area contributed by atoms with Crippen LogP contribution in [0, 0.1) is 18.3 Å². The van der Waals surface area contributed by atoms with Crippen molar-refractivity contribution in [2.24, 2.45) is 5.92 Å². The van der Waals surface area contributed by atoms with Crippen LogP contribution in [0.2, 0.25) is 0 Å². The second kappa shape index (κ2) is 5.18. The molecule has 1 aliphatic carbocycles. The van der Waals surface area contributed by atoms with E-state index < -0.39 is 0 Å². The molecule has 2 nitrogen and oxygen atoms in total. The fourth-order valence-corrected chi connectivity index (χ4v) is 1.65. The highest BCUT2D eigenvalue weighted by Gasteiger charge is 2.20. The predicted molar refractivity (Wildman–Crippen MR) is 47.6 cm³/mol. The van der Waals surface area contributed by atoms with Crippen molar-refractivity contribution in [1.82, 2.24) is 0 Å². The van der Waals surface area contributed by atoms with Crippen molar-refractivity contribution in [1.29, 1.82) is 0 Å². The quantitative estimate of drug-likeness (QED) is 0.641. The molecule has 0 spiro atoms. The van der Waals surface area contributed by atoms with Crippen molar-refractivity contribution >= 4 is 0 Å². The van der Waals surface area contributed by atoms with Gasteiger partial charge in [0.25, 0.3) is 0 Å². The van der Waals surface area contributed by atoms with Crippen molar-refractivity contribution in [3.05, 3.63) is 0 Å². The Balaban J connectivity index is 2.14. The van der Waals surface area contributed by atoms with Crippen LogP contribution in [0.25, 0.3) is 0 Å². The Hall–Kier alpha value is -0.520. The van der Waals surface area contributed by atoms with Gasteiger partial charge in [-0.05, 0) is 31.6 Å². The molecule has 1 rings (SSSR count). The van der Waals surface area contributed by atoms with Gasteiger partial charge >= 0.3 is 0 Å². The van der Waals surface area contributed by atoms with Crippen LogP contribution >= 0.6 is 0 Å². The van der Waals surface area contributed by atoms with E-state index in [4.69, 9.17) is 16.3 Å². The van der Waals surface area contributed by atoms with E-state index in [0.29, 0.717) is 25.2 Å². The zero-order valence-corrected chi connectivity index (χ0v) is 7.33. The molecule has 68 valence electrons. The zero-order chi connectivity index (χ0) is 8.81. The first-order valence-electron chi connectivity index (χ1n) is 4.52. The molecule has 0 aromatic heterocycles. The molecule has 1 fully saturated rings. The second-order valence-corrected chi connectivity index (χ2v) is 3.34. The van der Waals surface area contributed by atoms with Gasteiger partial charge in [-0.15, -0.1) is 6.42 Å². The monoisotopic (exact) mass is 168 g/mol. The van der Waals surface area contributed by atoms with Gasteiger partial charge in [-0.2, -0.15) is 0 Å². The Bertz CT molecular complexity index is 152. The molecule has 12 heavy (non-hydrogen) atoms. The molecule has 0 aromatic rings. The number of ether oxygens (including phenoxy) is 1. The van der Waals surface area contributed by atoms with Gasteiger partial charge in [0.05, 0.1) is 6.10 Å².